The fraction of sp³-hybridized carbons (Fsp3) is 0.114. The number of hydrogen-bond donors (Lipinski definition) is 0. The van der Waals surface area contributed by atoms with Crippen LogP contribution in [0.1, 0.15) is 22.3 Å². The van der Waals surface area contributed by atoms with Crippen LogP contribution in [-0.2, 0) is 26.4 Å². The van der Waals surface area contributed by atoms with Crippen molar-refractivity contribution >= 4 is 11.0 Å². The number of methoxy groups -OCH3 is 1. The molecule has 1 heterocycles. The zero-order chi connectivity index (χ0) is 34.8. The molecule has 0 spiro atoms. The lowest BCUT2D eigenvalue weighted by Gasteiger charge is -2.17. The molecule has 0 unspecified atom stereocenters. The van der Waals surface area contributed by atoms with Crippen LogP contribution in [0.15, 0.2) is 161 Å². The molecule has 0 bridgehead atoms. The van der Waals surface area contributed by atoms with E-state index >= 15 is 0 Å². The predicted octanol–water partition coefficient (Wildman–Crippen LogP) is 9.78. The fourth-order valence-corrected chi connectivity index (χ4v) is 5.64. The quantitative estimate of drug-likeness (QED) is 0.114. The Morgan fingerprint density at radius 3 is 1.47 bits per heavy atom. The third kappa shape index (κ3) is 8.06. The van der Waals surface area contributed by atoms with Crippen LogP contribution in [0.5, 0.6) is 28.7 Å². The molecule has 7 aromatic rings. The third-order valence-corrected chi connectivity index (χ3v) is 8.26. The summed E-state index contributed by atoms with van der Waals surface area (Å²) in [5.74, 6) is 2.14. The number of benzene rings is 6. The van der Waals surface area contributed by atoms with Gasteiger partial charge in [0.15, 0.2) is 17.3 Å². The molecule has 0 saturated carbocycles. The summed E-state index contributed by atoms with van der Waals surface area (Å²) in [6, 6.07) is 48.3. The summed E-state index contributed by atoms with van der Waals surface area (Å²) in [5, 5.41) is 0.252. The molecule has 0 saturated heterocycles. The highest BCUT2D eigenvalue weighted by molar-refractivity contribution is 5.89. The molecule has 0 atom stereocenters. The van der Waals surface area contributed by atoms with Gasteiger partial charge < -0.3 is 28.1 Å². The SMILES string of the molecule is COc1c(-c2ccc(OCc3ccccc3)c(OCc3ccccc3)c2)oc2cc(OCc3ccccc3)cc(OCc3ccccc3)c2c1=O. The highest BCUT2D eigenvalue weighted by Crippen LogP contribution is 2.40. The Kier molecular flexibility index (Phi) is 10.3. The van der Waals surface area contributed by atoms with Crippen LogP contribution in [0.25, 0.3) is 22.3 Å². The molecule has 0 fully saturated rings. The lowest BCUT2D eigenvalue weighted by Crippen LogP contribution is -2.10. The summed E-state index contributed by atoms with van der Waals surface area (Å²) in [6.45, 7) is 1.24. The van der Waals surface area contributed by atoms with Crippen LogP contribution >= 0.6 is 0 Å². The average molecular weight is 677 g/mol. The van der Waals surface area contributed by atoms with Crippen LogP contribution in [0.3, 0.4) is 0 Å². The van der Waals surface area contributed by atoms with Gasteiger partial charge in [-0.15, -0.1) is 0 Å². The summed E-state index contributed by atoms with van der Waals surface area (Å²) >= 11 is 0. The van der Waals surface area contributed by atoms with E-state index in [4.69, 9.17) is 28.1 Å². The molecule has 7 rings (SSSR count). The Labute approximate surface area is 296 Å². The Hall–Kier alpha value is -6.47. The van der Waals surface area contributed by atoms with E-state index in [1.165, 1.54) is 7.11 Å². The van der Waals surface area contributed by atoms with Crippen molar-refractivity contribution in [1.82, 2.24) is 0 Å². The topological polar surface area (TPSA) is 76.4 Å². The lowest BCUT2D eigenvalue weighted by molar-refractivity contribution is 0.256. The summed E-state index contributed by atoms with van der Waals surface area (Å²) in [5.41, 5.74) is 4.46. The largest absolute Gasteiger partial charge is 0.490 e. The minimum atomic E-state index is -0.373. The molecule has 0 radical (unpaired) electrons. The Balaban J connectivity index is 1.28. The van der Waals surface area contributed by atoms with Gasteiger partial charge in [0.2, 0.25) is 11.2 Å². The summed E-state index contributed by atoms with van der Waals surface area (Å²) in [4.78, 5) is 14.2. The standard InChI is InChI=1S/C44H36O7/c1-46-44-42(45)41-39(50-30-34-20-12-5-13-21-34)25-36(47-27-31-14-6-2-7-15-31)26-40(41)51-43(44)35-22-23-37(48-28-32-16-8-3-9-17-32)38(24-35)49-29-33-18-10-4-11-19-33/h2-26H,27-30H2,1H3. The molecular weight excluding hydrogens is 640 g/mol. The molecule has 0 amide bonds. The zero-order valence-electron chi connectivity index (χ0n) is 28.1. The van der Waals surface area contributed by atoms with E-state index in [1.807, 2.05) is 133 Å². The predicted molar refractivity (Wildman–Crippen MR) is 198 cm³/mol. The average Bonchev–Trinajstić information content (AvgIpc) is 3.19. The molecular formula is C44H36O7. The van der Waals surface area contributed by atoms with Crippen LogP contribution < -0.4 is 29.1 Å². The first-order valence-corrected chi connectivity index (χ1v) is 16.6. The fourth-order valence-electron chi connectivity index (χ4n) is 5.64. The first kappa shape index (κ1) is 33.0. The van der Waals surface area contributed by atoms with E-state index in [-0.39, 0.29) is 28.9 Å². The Bertz CT molecular complexity index is 2250. The maximum Gasteiger partial charge on any atom is 0.239 e. The van der Waals surface area contributed by atoms with Crippen LogP contribution in [0, 0.1) is 0 Å². The van der Waals surface area contributed by atoms with Crippen molar-refractivity contribution in [3.8, 4) is 40.1 Å². The molecule has 0 aliphatic carbocycles. The number of fused-ring (bicyclic) bond motifs is 1. The van der Waals surface area contributed by atoms with Crippen molar-refractivity contribution in [1.29, 1.82) is 0 Å². The zero-order valence-corrected chi connectivity index (χ0v) is 28.1. The molecule has 0 N–H and O–H groups in total. The second-order valence-electron chi connectivity index (χ2n) is 11.8. The third-order valence-electron chi connectivity index (χ3n) is 8.26. The van der Waals surface area contributed by atoms with Crippen molar-refractivity contribution in [2.45, 2.75) is 26.4 Å². The van der Waals surface area contributed by atoms with Crippen molar-refractivity contribution in [3.05, 3.63) is 184 Å². The highest BCUT2D eigenvalue weighted by atomic mass is 16.5. The molecule has 0 aliphatic heterocycles. The Morgan fingerprint density at radius 2 is 0.961 bits per heavy atom. The van der Waals surface area contributed by atoms with E-state index in [0.29, 0.717) is 54.0 Å². The van der Waals surface area contributed by atoms with Gasteiger partial charge in [-0.2, -0.15) is 0 Å². The van der Waals surface area contributed by atoms with Crippen molar-refractivity contribution in [3.63, 3.8) is 0 Å². The van der Waals surface area contributed by atoms with Gasteiger partial charge in [-0.1, -0.05) is 121 Å². The van der Waals surface area contributed by atoms with E-state index < -0.39 is 0 Å². The minimum absolute atomic E-state index is 0.0389. The lowest BCUT2D eigenvalue weighted by atomic mass is 10.1. The molecule has 7 nitrogen and oxygen atoms in total. The van der Waals surface area contributed by atoms with Gasteiger partial charge in [-0.25, -0.2) is 0 Å². The van der Waals surface area contributed by atoms with Gasteiger partial charge in [0.05, 0.1) is 7.11 Å². The minimum Gasteiger partial charge on any atom is -0.490 e. The maximum atomic E-state index is 14.2. The van der Waals surface area contributed by atoms with Gasteiger partial charge in [0.25, 0.3) is 0 Å². The summed E-state index contributed by atoms with van der Waals surface area (Å²) in [7, 11) is 1.45. The van der Waals surface area contributed by atoms with E-state index in [1.54, 1.807) is 18.2 Å². The monoisotopic (exact) mass is 676 g/mol. The van der Waals surface area contributed by atoms with E-state index in [9.17, 15) is 4.79 Å². The molecule has 51 heavy (non-hydrogen) atoms. The number of ether oxygens (including phenoxy) is 5. The normalized spacial score (nSPS) is 10.8. The van der Waals surface area contributed by atoms with Gasteiger partial charge in [-0.05, 0) is 40.5 Å². The van der Waals surface area contributed by atoms with Gasteiger partial charge in [0, 0.05) is 17.7 Å². The smallest absolute Gasteiger partial charge is 0.239 e. The number of rotatable bonds is 14. The molecule has 254 valence electrons. The summed E-state index contributed by atoms with van der Waals surface area (Å²) in [6.07, 6.45) is 0. The first-order chi connectivity index (χ1) is 25.1. The van der Waals surface area contributed by atoms with Crippen LogP contribution in [0.2, 0.25) is 0 Å². The van der Waals surface area contributed by atoms with Gasteiger partial charge >= 0.3 is 0 Å². The second kappa shape index (κ2) is 15.8. The highest BCUT2D eigenvalue weighted by Gasteiger charge is 2.23. The molecule has 1 aromatic heterocycles. The second-order valence-corrected chi connectivity index (χ2v) is 11.8. The molecule has 6 aromatic carbocycles. The van der Waals surface area contributed by atoms with Gasteiger partial charge in [0.1, 0.15) is 48.9 Å². The van der Waals surface area contributed by atoms with E-state index in [2.05, 4.69) is 0 Å². The van der Waals surface area contributed by atoms with Gasteiger partial charge in [-0.3, -0.25) is 4.79 Å². The molecule has 7 heteroatoms. The molecule has 0 aliphatic rings. The van der Waals surface area contributed by atoms with Crippen molar-refractivity contribution in [2.75, 3.05) is 7.11 Å². The van der Waals surface area contributed by atoms with Crippen molar-refractivity contribution < 1.29 is 28.1 Å². The van der Waals surface area contributed by atoms with Crippen molar-refractivity contribution in [2.24, 2.45) is 0 Å². The summed E-state index contributed by atoms with van der Waals surface area (Å²) < 4.78 is 37.3. The van der Waals surface area contributed by atoms with Crippen LogP contribution in [-0.4, -0.2) is 7.11 Å². The van der Waals surface area contributed by atoms with E-state index in [0.717, 1.165) is 22.3 Å². The van der Waals surface area contributed by atoms with Crippen LogP contribution in [0.4, 0.5) is 0 Å². The Morgan fingerprint density at radius 1 is 0.490 bits per heavy atom. The maximum absolute atomic E-state index is 14.2. The number of hydrogen-bond acceptors (Lipinski definition) is 7. The first-order valence-electron chi connectivity index (χ1n) is 16.6.